The molecular weight excluding hydrogens is 1400 g/mol. The number of esters is 2. The molecular formula is C75H142N4O26S. The number of carbonyl (C=O) groups excluding carboxylic acids is 2. The summed E-state index contributed by atoms with van der Waals surface area (Å²) in [7, 11) is 6.50. The Labute approximate surface area is 632 Å². The van der Waals surface area contributed by atoms with Gasteiger partial charge in [-0.15, -0.1) is 0 Å². The number of aliphatic hydroxyl groups is 10. The van der Waals surface area contributed by atoms with Crippen molar-refractivity contribution in [3.63, 3.8) is 0 Å². The standard InChI is InChI=1S/C38H72N2O14S.C37H70N2O12/c1-15-26-38(10,46)31(42)21(4)28(39-55(14,47)48)19(2)17-36(8,45)33(54-35-29(41)25(40(11)12)16-20(3)50-35)22(5)30(23(6)34(44)52-26)53-27-18-37(9,49-13)32(43)24(7)51-27;1-14-25-37(10,45)30(41)20(4)27(38)18(2)16-35(8,44)32(51-34-28(40)24(39(11)12)15-19(3)47-34)21(5)29(22(6)33(43)49-25)50-26-17-36(9,46-13)31(42)23(7)48-26/h19-33,35,39,41-43,45-46H,15-18H2,1-14H3;18-32,34,40-42,44-45H,14-17,38H2,1-13H3/t19-,20-,21+,22+,23-,24+,25+,26-,27+,28+,29-,30+,31-,32+,33-,35+,36-,37-,38-;18-,19-,20+,21+,22-,23+,24+,25-,26+,27+,28-,29+,30-,31+,32-,34+,35-,36-,37-/m11/s1. The third-order valence-electron chi connectivity index (χ3n) is 24.6. The van der Waals surface area contributed by atoms with Crippen molar-refractivity contribution < 1.29 is 126 Å². The lowest BCUT2D eigenvalue weighted by molar-refractivity contribution is -0.318. The van der Waals surface area contributed by atoms with Gasteiger partial charge in [-0.2, -0.15) is 0 Å². The summed E-state index contributed by atoms with van der Waals surface area (Å²) in [5.74, 6) is -7.97. The second kappa shape index (κ2) is 37.5. The molecule has 0 aromatic heterocycles. The van der Waals surface area contributed by atoms with Crippen LogP contribution in [0.4, 0.5) is 0 Å². The Balaban J connectivity index is 0.000000382. The second-order valence-electron chi connectivity index (χ2n) is 34.4. The molecule has 6 rings (SSSR count). The van der Waals surface area contributed by atoms with Gasteiger partial charge in [-0.3, -0.25) is 9.59 Å². The van der Waals surface area contributed by atoms with Gasteiger partial charge in [0.05, 0.1) is 102 Å². The molecule has 0 saturated carbocycles. The number of aliphatic hydroxyl groups excluding tert-OH is 6. The van der Waals surface area contributed by atoms with Gasteiger partial charge in [-0.05, 0) is 162 Å². The summed E-state index contributed by atoms with van der Waals surface area (Å²) in [6.45, 7) is 33.6. The molecule has 38 atom stereocenters. The summed E-state index contributed by atoms with van der Waals surface area (Å²) in [6, 6.07) is -2.36. The molecule has 0 spiro atoms. The Bertz CT molecular complexity index is 2870. The number of hydrogen-bond acceptors (Lipinski definition) is 29. The van der Waals surface area contributed by atoms with Gasteiger partial charge < -0.3 is 123 Å². The maximum Gasteiger partial charge on any atom is 0.311 e. The third-order valence-corrected chi connectivity index (χ3v) is 25.3. The first-order valence-electron chi connectivity index (χ1n) is 38.3. The monoisotopic (exact) mass is 1550 g/mol. The van der Waals surface area contributed by atoms with Crippen molar-refractivity contribution in [2.75, 3.05) is 48.7 Å². The van der Waals surface area contributed by atoms with Gasteiger partial charge in [-0.25, -0.2) is 13.1 Å². The molecule has 6 saturated heterocycles. The van der Waals surface area contributed by atoms with Crippen LogP contribution in [-0.4, -0.2) is 310 Å². The fourth-order valence-corrected chi connectivity index (χ4v) is 18.6. The third kappa shape index (κ3) is 22.1. The molecule has 0 amide bonds. The fraction of sp³-hybridized carbons (Fsp3) is 0.973. The molecule has 106 heavy (non-hydrogen) atoms. The van der Waals surface area contributed by atoms with Crippen molar-refractivity contribution in [1.29, 1.82) is 0 Å². The van der Waals surface area contributed by atoms with E-state index in [0.29, 0.717) is 12.8 Å². The highest BCUT2D eigenvalue weighted by Crippen LogP contribution is 2.45. The lowest BCUT2D eigenvalue weighted by atomic mass is 9.72. The van der Waals surface area contributed by atoms with E-state index in [1.165, 1.54) is 35.0 Å². The molecule has 6 aliphatic heterocycles. The number of nitrogens with zero attached hydrogens (tertiary/aromatic N) is 2. The number of ether oxygens (including phenoxy) is 12. The highest BCUT2D eigenvalue weighted by Gasteiger charge is 2.57. The lowest BCUT2D eigenvalue weighted by Gasteiger charge is -2.49. The van der Waals surface area contributed by atoms with Crippen molar-refractivity contribution in [3.05, 3.63) is 0 Å². The van der Waals surface area contributed by atoms with Gasteiger partial charge in [-0.1, -0.05) is 55.4 Å². The average molecular weight is 1550 g/mol. The van der Waals surface area contributed by atoms with Gasteiger partial charge in [0, 0.05) is 74.9 Å². The minimum absolute atomic E-state index is 0.0701. The van der Waals surface area contributed by atoms with Crippen molar-refractivity contribution in [1.82, 2.24) is 14.5 Å². The van der Waals surface area contributed by atoms with Gasteiger partial charge in [0.2, 0.25) is 10.0 Å². The Morgan fingerprint density at radius 2 is 0.849 bits per heavy atom. The highest BCUT2D eigenvalue weighted by molar-refractivity contribution is 7.88. The van der Waals surface area contributed by atoms with Crippen LogP contribution in [0.5, 0.6) is 0 Å². The van der Waals surface area contributed by atoms with Crippen molar-refractivity contribution in [2.24, 2.45) is 53.1 Å². The Morgan fingerprint density at radius 1 is 0.509 bits per heavy atom. The molecule has 6 heterocycles. The summed E-state index contributed by atoms with van der Waals surface area (Å²) >= 11 is 0. The van der Waals surface area contributed by atoms with Crippen LogP contribution in [0.15, 0.2) is 0 Å². The highest BCUT2D eigenvalue weighted by atomic mass is 32.2. The zero-order valence-corrected chi connectivity index (χ0v) is 69.3. The van der Waals surface area contributed by atoms with Crippen LogP contribution < -0.4 is 10.5 Å². The molecule has 6 aliphatic rings. The van der Waals surface area contributed by atoms with E-state index in [-0.39, 0.29) is 62.8 Å². The predicted octanol–water partition coefficient (Wildman–Crippen LogP) is 2.68. The zero-order valence-electron chi connectivity index (χ0n) is 68.5. The molecule has 0 radical (unpaired) electrons. The minimum atomic E-state index is -3.88. The summed E-state index contributed by atoms with van der Waals surface area (Å²) < 4.78 is 103. The summed E-state index contributed by atoms with van der Waals surface area (Å²) in [6.07, 6.45) is -17.8. The topological polar surface area (TPSA) is 426 Å². The molecule has 0 aromatic carbocycles. The molecule has 0 bridgehead atoms. The van der Waals surface area contributed by atoms with Crippen LogP contribution in [-0.2, 0) is 76.5 Å². The summed E-state index contributed by atoms with van der Waals surface area (Å²) in [5.41, 5.74) is -2.74. The van der Waals surface area contributed by atoms with Crippen LogP contribution in [0.1, 0.15) is 190 Å². The van der Waals surface area contributed by atoms with E-state index in [0.717, 1.165) is 6.26 Å². The van der Waals surface area contributed by atoms with Crippen LogP contribution in [0.25, 0.3) is 0 Å². The average Bonchev–Trinajstić information content (AvgIpc) is 0.780. The maximum atomic E-state index is 14.2. The van der Waals surface area contributed by atoms with Crippen LogP contribution in [0.3, 0.4) is 0 Å². The Morgan fingerprint density at radius 3 is 1.17 bits per heavy atom. The number of sulfonamides is 1. The van der Waals surface area contributed by atoms with E-state index >= 15 is 0 Å². The number of carbonyl (C=O) groups is 2. The van der Waals surface area contributed by atoms with E-state index < -0.39 is 226 Å². The van der Waals surface area contributed by atoms with E-state index in [1.54, 1.807) is 96.9 Å². The maximum absolute atomic E-state index is 14.2. The largest absolute Gasteiger partial charge is 0.459 e. The van der Waals surface area contributed by atoms with Gasteiger partial charge >= 0.3 is 11.9 Å². The first-order chi connectivity index (χ1) is 48.5. The summed E-state index contributed by atoms with van der Waals surface area (Å²) in [4.78, 5) is 32.1. The van der Waals surface area contributed by atoms with E-state index in [4.69, 9.17) is 62.6 Å². The predicted molar refractivity (Wildman–Crippen MR) is 392 cm³/mol. The molecule has 31 heteroatoms. The smallest absolute Gasteiger partial charge is 0.311 e. The number of nitrogens with two attached hydrogens (primary N) is 1. The van der Waals surface area contributed by atoms with Crippen LogP contribution in [0.2, 0.25) is 0 Å². The van der Waals surface area contributed by atoms with E-state index in [2.05, 4.69) is 4.72 Å². The molecule has 0 aliphatic carbocycles. The van der Waals surface area contributed by atoms with Crippen molar-refractivity contribution in [2.45, 2.75) is 370 Å². The van der Waals surface area contributed by atoms with Gasteiger partial charge in [0.15, 0.2) is 25.2 Å². The number of rotatable bonds is 16. The van der Waals surface area contributed by atoms with Crippen LogP contribution in [0, 0.1) is 47.3 Å². The van der Waals surface area contributed by atoms with Crippen LogP contribution >= 0.6 is 0 Å². The number of cyclic esters (lactones) is 2. The molecule has 0 aromatic rings. The number of nitrogens with one attached hydrogen (secondary N) is 1. The number of likely N-dealkylation sites (N-methyl/N-ethyl adjacent to an activating group) is 2. The lowest BCUT2D eigenvalue weighted by Crippen LogP contribution is -2.62. The number of hydrogen-bond donors (Lipinski definition) is 12. The second-order valence-corrected chi connectivity index (χ2v) is 36.2. The van der Waals surface area contributed by atoms with E-state index in [9.17, 15) is 69.1 Å². The molecule has 30 nitrogen and oxygen atoms in total. The fourth-order valence-electron chi connectivity index (χ4n) is 17.7. The first-order valence-corrected chi connectivity index (χ1v) is 40.2. The van der Waals surface area contributed by atoms with Gasteiger partial charge in [0.1, 0.15) is 47.8 Å². The molecule has 624 valence electrons. The summed E-state index contributed by atoms with van der Waals surface area (Å²) in [5, 5.41) is 117. The zero-order chi connectivity index (χ0) is 81.1. The normalized spacial score (nSPS) is 49.8. The van der Waals surface area contributed by atoms with Gasteiger partial charge in [0.25, 0.3) is 0 Å². The SMILES string of the molecule is CC[C@H]1OC(=O)[C@H](C)[C@@H](O[C@H]2C[C@@](C)(OC)[C@@H](O)[C@H](C)O2)[C@H](C)[C@@H](O[C@@H]2O[C@H](C)C[C@H](N(C)C)[C@H]2O)[C@](C)(O)C[C@@H](C)[C@H](N)[C@H](C)[C@@H](O)[C@]1(C)O.CC[C@H]1OC(=O)[C@H](C)[C@@H](O[C@H]2C[C@@](C)(OC)[C@@H](O)[C@H](C)O2)[C@H](C)[C@@H](O[C@@H]2O[C@H](C)C[C@H](N(C)C)[C@H]2O)[C@](C)(O)C[C@@H](C)[C@H](NS(C)(=O)=O)[C@H](C)[C@@H](O)[C@]1(C)O. The Hall–Kier alpha value is -2.07. The minimum Gasteiger partial charge on any atom is -0.459 e. The number of methoxy groups -OCH3 is 2. The van der Waals surface area contributed by atoms with E-state index in [1.807, 2.05) is 58.8 Å². The molecule has 13 N–H and O–H groups in total. The Kier molecular flexibility index (Phi) is 33.4. The first kappa shape index (κ1) is 94.5. The van der Waals surface area contributed by atoms with Crippen molar-refractivity contribution >= 4 is 22.0 Å². The quantitative estimate of drug-likeness (QED) is 0.0988. The van der Waals surface area contributed by atoms with Crippen molar-refractivity contribution in [3.8, 4) is 0 Å². The molecule has 6 fully saturated rings. The molecule has 0 unspecified atom stereocenters.